The smallest absolute Gasteiger partial charge is 0.202 e. The lowest BCUT2D eigenvalue weighted by atomic mass is 10.3. The normalized spacial score (nSPS) is 10.2. The number of aromatic nitrogens is 1. The van der Waals surface area contributed by atoms with Crippen molar-refractivity contribution < 1.29 is 13.6 Å². The predicted octanol–water partition coefficient (Wildman–Crippen LogP) is 1.67. The van der Waals surface area contributed by atoms with Crippen molar-refractivity contribution >= 4 is 6.29 Å². The molecule has 2 rings (SSSR count). The van der Waals surface area contributed by atoms with Crippen LogP contribution in [0.2, 0.25) is 0 Å². The van der Waals surface area contributed by atoms with Gasteiger partial charge in [0, 0.05) is 0 Å². The highest BCUT2D eigenvalue weighted by molar-refractivity contribution is 5.69. The molecule has 0 aliphatic rings. The van der Waals surface area contributed by atoms with Crippen LogP contribution in [-0.4, -0.2) is 11.3 Å². The van der Waals surface area contributed by atoms with Gasteiger partial charge in [-0.15, -0.1) is 0 Å². The molecule has 0 aliphatic heterocycles. The lowest BCUT2D eigenvalue weighted by Crippen LogP contribution is -1.83. The number of hydrogen-bond acceptors (Lipinski definition) is 4. The van der Waals surface area contributed by atoms with Crippen molar-refractivity contribution in [1.29, 1.82) is 0 Å². The van der Waals surface area contributed by atoms with E-state index >= 15 is 0 Å². The molecule has 0 fully saturated rings. The molecular weight excluding hydrogens is 170 g/mol. The predicted molar refractivity (Wildman–Crippen MR) is 43.4 cm³/mol. The van der Waals surface area contributed by atoms with E-state index in [4.69, 9.17) is 8.83 Å². The van der Waals surface area contributed by atoms with Crippen LogP contribution in [-0.2, 0) is 6.42 Å². The van der Waals surface area contributed by atoms with Gasteiger partial charge in [0.15, 0.2) is 12.0 Å². The summed E-state index contributed by atoms with van der Waals surface area (Å²) in [5, 5.41) is 0. The Bertz CT molecular complexity index is 389. The summed E-state index contributed by atoms with van der Waals surface area (Å²) in [6.45, 7) is 0. The minimum Gasteiger partial charge on any atom is -0.469 e. The van der Waals surface area contributed by atoms with E-state index < -0.39 is 0 Å². The summed E-state index contributed by atoms with van der Waals surface area (Å²) in [5.74, 6) is 1.48. The Labute approximate surface area is 74.2 Å². The molecule has 0 radical (unpaired) electrons. The summed E-state index contributed by atoms with van der Waals surface area (Å²) in [6, 6.07) is 3.61. The lowest BCUT2D eigenvalue weighted by molar-refractivity contribution is 0.109. The van der Waals surface area contributed by atoms with E-state index in [0.29, 0.717) is 18.6 Å². The van der Waals surface area contributed by atoms with Crippen molar-refractivity contribution in [3.05, 3.63) is 42.0 Å². The average molecular weight is 177 g/mol. The SMILES string of the molecule is O=Cc1cnc(Cc2ccco2)o1. The largest absolute Gasteiger partial charge is 0.469 e. The van der Waals surface area contributed by atoms with E-state index in [-0.39, 0.29) is 5.76 Å². The molecule has 2 aromatic heterocycles. The zero-order chi connectivity index (χ0) is 9.10. The summed E-state index contributed by atoms with van der Waals surface area (Å²) in [6.07, 6.45) is 4.07. The van der Waals surface area contributed by atoms with E-state index in [2.05, 4.69) is 4.98 Å². The summed E-state index contributed by atoms with van der Waals surface area (Å²) >= 11 is 0. The molecule has 0 unspecified atom stereocenters. The molecule has 0 bridgehead atoms. The molecule has 0 spiro atoms. The first-order valence-corrected chi connectivity index (χ1v) is 3.81. The number of carbonyl (C=O) groups excluding carboxylic acids is 1. The third-order valence-corrected chi connectivity index (χ3v) is 1.59. The molecule has 2 heterocycles. The van der Waals surface area contributed by atoms with Crippen LogP contribution < -0.4 is 0 Å². The minimum atomic E-state index is 0.238. The monoisotopic (exact) mass is 177 g/mol. The first-order valence-electron chi connectivity index (χ1n) is 3.81. The van der Waals surface area contributed by atoms with Gasteiger partial charge in [-0.3, -0.25) is 4.79 Å². The fraction of sp³-hybridized carbons (Fsp3) is 0.111. The second kappa shape index (κ2) is 3.26. The van der Waals surface area contributed by atoms with Crippen LogP contribution in [0.5, 0.6) is 0 Å². The van der Waals surface area contributed by atoms with Crippen molar-refractivity contribution in [3.63, 3.8) is 0 Å². The van der Waals surface area contributed by atoms with Crippen LogP contribution >= 0.6 is 0 Å². The van der Waals surface area contributed by atoms with E-state index in [1.54, 1.807) is 12.3 Å². The maximum Gasteiger partial charge on any atom is 0.202 e. The second-order valence-electron chi connectivity index (χ2n) is 2.53. The second-order valence-corrected chi connectivity index (χ2v) is 2.53. The van der Waals surface area contributed by atoms with Crippen LogP contribution in [0.1, 0.15) is 22.2 Å². The molecule has 0 aliphatic carbocycles. The van der Waals surface area contributed by atoms with Crippen molar-refractivity contribution in [2.75, 3.05) is 0 Å². The van der Waals surface area contributed by atoms with Crippen molar-refractivity contribution in [3.8, 4) is 0 Å². The molecule has 66 valence electrons. The first kappa shape index (κ1) is 7.79. The maximum atomic E-state index is 10.3. The van der Waals surface area contributed by atoms with Gasteiger partial charge in [0.25, 0.3) is 0 Å². The first-order chi connectivity index (χ1) is 6.38. The average Bonchev–Trinajstić information content (AvgIpc) is 2.76. The Balaban J connectivity index is 2.14. The van der Waals surface area contributed by atoms with Gasteiger partial charge in [-0.05, 0) is 12.1 Å². The van der Waals surface area contributed by atoms with Crippen LogP contribution in [0.15, 0.2) is 33.4 Å². The standard InChI is InChI=1S/C9H7NO3/c11-6-8-5-10-9(13-8)4-7-2-1-3-12-7/h1-3,5-6H,4H2. The van der Waals surface area contributed by atoms with Gasteiger partial charge >= 0.3 is 0 Å². The van der Waals surface area contributed by atoms with Gasteiger partial charge < -0.3 is 8.83 Å². The molecule has 0 saturated carbocycles. The number of hydrogen-bond donors (Lipinski definition) is 0. The quantitative estimate of drug-likeness (QED) is 0.669. The fourth-order valence-electron chi connectivity index (χ4n) is 1.02. The van der Waals surface area contributed by atoms with Crippen molar-refractivity contribution in [2.24, 2.45) is 0 Å². The third-order valence-electron chi connectivity index (χ3n) is 1.59. The Hall–Kier alpha value is -1.84. The van der Waals surface area contributed by atoms with Gasteiger partial charge in [-0.1, -0.05) is 0 Å². The maximum absolute atomic E-state index is 10.3. The molecule has 0 amide bonds. The summed E-state index contributed by atoms with van der Waals surface area (Å²) < 4.78 is 10.2. The fourth-order valence-corrected chi connectivity index (χ4v) is 1.02. The van der Waals surface area contributed by atoms with Crippen LogP contribution in [0.3, 0.4) is 0 Å². The topological polar surface area (TPSA) is 56.2 Å². The molecule has 4 nitrogen and oxygen atoms in total. The van der Waals surface area contributed by atoms with Gasteiger partial charge in [-0.2, -0.15) is 0 Å². The Morgan fingerprint density at radius 1 is 1.54 bits per heavy atom. The van der Waals surface area contributed by atoms with E-state index in [0.717, 1.165) is 5.76 Å². The van der Waals surface area contributed by atoms with E-state index in [1.165, 1.54) is 6.20 Å². The lowest BCUT2D eigenvalue weighted by Gasteiger charge is -1.88. The van der Waals surface area contributed by atoms with Crippen LogP contribution in [0, 0.1) is 0 Å². The van der Waals surface area contributed by atoms with E-state index in [9.17, 15) is 4.79 Å². The van der Waals surface area contributed by atoms with E-state index in [1.807, 2.05) is 6.07 Å². The molecule has 13 heavy (non-hydrogen) atoms. The minimum absolute atomic E-state index is 0.238. The summed E-state index contributed by atoms with van der Waals surface area (Å²) in [7, 11) is 0. The number of carbonyl (C=O) groups is 1. The van der Waals surface area contributed by atoms with Crippen LogP contribution in [0.25, 0.3) is 0 Å². The number of furan rings is 1. The Morgan fingerprint density at radius 2 is 2.46 bits per heavy atom. The molecule has 4 heteroatoms. The Morgan fingerprint density at radius 3 is 3.08 bits per heavy atom. The van der Waals surface area contributed by atoms with Crippen LogP contribution in [0.4, 0.5) is 0 Å². The van der Waals surface area contributed by atoms with Crippen molar-refractivity contribution in [2.45, 2.75) is 6.42 Å². The van der Waals surface area contributed by atoms with Gasteiger partial charge in [0.2, 0.25) is 5.89 Å². The van der Waals surface area contributed by atoms with Gasteiger partial charge in [-0.25, -0.2) is 4.98 Å². The third kappa shape index (κ3) is 1.66. The molecule has 0 N–H and O–H groups in total. The highest BCUT2D eigenvalue weighted by Gasteiger charge is 2.05. The Kier molecular flexibility index (Phi) is 1.96. The molecule has 2 aromatic rings. The molecular formula is C9H7NO3. The highest BCUT2D eigenvalue weighted by atomic mass is 16.4. The van der Waals surface area contributed by atoms with Gasteiger partial charge in [0.05, 0.1) is 18.9 Å². The molecule has 0 saturated heterocycles. The zero-order valence-corrected chi connectivity index (χ0v) is 6.77. The number of aldehydes is 1. The van der Waals surface area contributed by atoms with Crippen molar-refractivity contribution in [1.82, 2.24) is 4.98 Å². The number of nitrogens with zero attached hydrogens (tertiary/aromatic N) is 1. The molecule has 0 atom stereocenters. The summed E-state index contributed by atoms with van der Waals surface area (Å²) in [4.78, 5) is 14.2. The summed E-state index contributed by atoms with van der Waals surface area (Å²) in [5.41, 5.74) is 0. The number of oxazole rings is 1. The molecule has 0 aromatic carbocycles. The zero-order valence-electron chi connectivity index (χ0n) is 6.77. The highest BCUT2D eigenvalue weighted by Crippen LogP contribution is 2.09. The number of rotatable bonds is 3. The van der Waals surface area contributed by atoms with Gasteiger partial charge in [0.1, 0.15) is 5.76 Å².